The van der Waals surface area contributed by atoms with Crippen molar-refractivity contribution in [2.24, 2.45) is 5.73 Å². The average Bonchev–Trinajstić information content (AvgIpc) is 2.39. The van der Waals surface area contributed by atoms with Crippen molar-refractivity contribution in [2.75, 3.05) is 0 Å². The summed E-state index contributed by atoms with van der Waals surface area (Å²) in [6.07, 6.45) is 0.671. The van der Waals surface area contributed by atoms with Crippen molar-refractivity contribution < 1.29 is 8.78 Å². The molecule has 1 aromatic carbocycles. The Morgan fingerprint density at radius 1 is 1.12 bits per heavy atom. The summed E-state index contributed by atoms with van der Waals surface area (Å²) >= 11 is 0. The molecule has 2 rings (SSSR count). The van der Waals surface area contributed by atoms with Gasteiger partial charge in [-0.05, 0) is 34.9 Å². The van der Waals surface area contributed by atoms with Gasteiger partial charge in [0.2, 0.25) is 0 Å². The third kappa shape index (κ3) is 2.47. The SMILES string of the molecule is NCc1ccc(C(F)F)c(-c2ccncc2)c1. The predicted molar refractivity (Wildman–Crippen MR) is 62.5 cm³/mol. The number of hydrogen-bond acceptors (Lipinski definition) is 2. The van der Waals surface area contributed by atoms with E-state index >= 15 is 0 Å². The first-order valence-corrected chi connectivity index (χ1v) is 5.24. The van der Waals surface area contributed by atoms with Gasteiger partial charge in [-0.15, -0.1) is 0 Å². The fourth-order valence-electron chi connectivity index (χ4n) is 1.70. The Hall–Kier alpha value is -1.81. The second-order valence-electron chi connectivity index (χ2n) is 3.66. The van der Waals surface area contributed by atoms with Crippen molar-refractivity contribution in [3.8, 4) is 11.1 Å². The van der Waals surface area contributed by atoms with Gasteiger partial charge in [-0.1, -0.05) is 12.1 Å². The lowest BCUT2D eigenvalue weighted by Crippen LogP contribution is -1.99. The van der Waals surface area contributed by atoms with Crippen LogP contribution >= 0.6 is 0 Å². The molecule has 0 aliphatic heterocycles. The van der Waals surface area contributed by atoms with Gasteiger partial charge in [-0.2, -0.15) is 0 Å². The van der Waals surface area contributed by atoms with Gasteiger partial charge >= 0.3 is 0 Å². The summed E-state index contributed by atoms with van der Waals surface area (Å²) in [6.45, 7) is 0.335. The summed E-state index contributed by atoms with van der Waals surface area (Å²) in [4.78, 5) is 3.88. The summed E-state index contributed by atoms with van der Waals surface area (Å²) < 4.78 is 25.8. The molecule has 2 aromatic rings. The predicted octanol–water partition coefficient (Wildman–Crippen LogP) is 3.14. The number of halogens is 2. The van der Waals surface area contributed by atoms with Crippen LogP contribution < -0.4 is 5.73 Å². The van der Waals surface area contributed by atoms with Crippen LogP contribution in [0.15, 0.2) is 42.7 Å². The molecular weight excluding hydrogens is 222 g/mol. The lowest BCUT2D eigenvalue weighted by atomic mass is 9.98. The lowest BCUT2D eigenvalue weighted by molar-refractivity contribution is 0.152. The van der Waals surface area contributed by atoms with Crippen LogP contribution in [0.1, 0.15) is 17.6 Å². The maximum Gasteiger partial charge on any atom is 0.264 e. The molecule has 0 radical (unpaired) electrons. The molecule has 0 spiro atoms. The van der Waals surface area contributed by atoms with E-state index in [1.807, 2.05) is 0 Å². The summed E-state index contributed by atoms with van der Waals surface area (Å²) in [6, 6.07) is 8.19. The number of nitrogens with two attached hydrogens (primary N) is 1. The Morgan fingerprint density at radius 2 is 1.82 bits per heavy atom. The summed E-state index contributed by atoms with van der Waals surface area (Å²) in [5, 5.41) is 0. The van der Waals surface area contributed by atoms with Crippen LogP contribution in [0.3, 0.4) is 0 Å². The molecule has 0 saturated carbocycles. The van der Waals surface area contributed by atoms with E-state index < -0.39 is 6.43 Å². The highest BCUT2D eigenvalue weighted by molar-refractivity contribution is 5.68. The Kier molecular flexibility index (Phi) is 3.44. The molecule has 1 heterocycles. The molecular formula is C13H12F2N2. The third-order valence-electron chi connectivity index (χ3n) is 2.58. The van der Waals surface area contributed by atoms with Crippen LogP contribution in [0.2, 0.25) is 0 Å². The van der Waals surface area contributed by atoms with Gasteiger partial charge in [0.25, 0.3) is 6.43 Å². The first-order chi connectivity index (χ1) is 8.22. The Labute approximate surface area is 98.1 Å². The Bertz CT molecular complexity index is 498. The minimum absolute atomic E-state index is 0.0217. The number of rotatable bonds is 3. The fraction of sp³-hybridized carbons (Fsp3) is 0.154. The molecule has 0 fully saturated rings. The van der Waals surface area contributed by atoms with Gasteiger partial charge in [0, 0.05) is 24.5 Å². The number of nitrogens with zero attached hydrogens (tertiary/aromatic N) is 1. The van der Waals surface area contributed by atoms with Crippen LogP contribution in [0.4, 0.5) is 8.78 Å². The standard InChI is InChI=1S/C13H12F2N2/c14-13(15)11-2-1-9(8-16)7-12(11)10-3-5-17-6-4-10/h1-7,13H,8,16H2. The molecule has 0 aliphatic carbocycles. The van der Waals surface area contributed by atoms with E-state index in [1.54, 1.807) is 36.7 Å². The van der Waals surface area contributed by atoms with Crippen molar-refractivity contribution in [3.05, 3.63) is 53.9 Å². The number of benzene rings is 1. The van der Waals surface area contributed by atoms with E-state index in [4.69, 9.17) is 5.73 Å². The highest BCUT2D eigenvalue weighted by atomic mass is 19.3. The first-order valence-electron chi connectivity index (χ1n) is 5.24. The molecule has 1 aromatic heterocycles. The van der Waals surface area contributed by atoms with Gasteiger partial charge in [0.1, 0.15) is 0 Å². The zero-order valence-electron chi connectivity index (χ0n) is 9.11. The maximum absolute atomic E-state index is 12.9. The van der Waals surface area contributed by atoms with Crippen molar-refractivity contribution in [1.82, 2.24) is 4.98 Å². The largest absolute Gasteiger partial charge is 0.326 e. The molecule has 4 heteroatoms. The molecule has 0 atom stereocenters. The molecule has 0 saturated heterocycles. The number of pyridine rings is 1. The minimum atomic E-state index is -2.50. The molecule has 0 amide bonds. The normalized spacial score (nSPS) is 10.8. The van der Waals surface area contributed by atoms with E-state index in [0.717, 1.165) is 11.1 Å². The molecule has 0 unspecified atom stereocenters. The van der Waals surface area contributed by atoms with Gasteiger partial charge in [0.15, 0.2) is 0 Å². The molecule has 2 N–H and O–H groups in total. The third-order valence-corrected chi connectivity index (χ3v) is 2.58. The second-order valence-corrected chi connectivity index (χ2v) is 3.66. The molecule has 0 bridgehead atoms. The van der Waals surface area contributed by atoms with E-state index in [-0.39, 0.29) is 5.56 Å². The van der Waals surface area contributed by atoms with Gasteiger partial charge < -0.3 is 5.73 Å². The smallest absolute Gasteiger partial charge is 0.264 e. The topological polar surface area (TPSA) is 38.9 Å². The number of hydrogen-bond donors (Lipinski definition) is 1. The number of alkyl halides is 2. The van der Waals surface area contributed by atoms with Crippen LogP contribution in [0.25, 0.3) is 11.1 Å². The van der Waals surface area contributed by atoms with E-state index in [9.17, 15) is 8.78 Å². The second kappa shape index (κ2) is 5.01. The monoisotopic (exact) mass is 234 g/mol. The Balaban J connectivity index is 2.57. The quantitative estimate of drug-likeness (QED) is 0.886. The van der Waals surface area contributed by atoms with Crippen LogP contribution in [0, 0.1) is 0 Å². The van der Waals surface area contributed by atoms with Crippen molar-refractivity contribution in [2.45, 2.75) is 13.0 Å². The molecule has 2 nitrogen and oxygen atoms in total. The van der Waals surface area contributed by atoms with Crippen molar-refractivity contribution >= 4 is 0 Å². The van der Waals surface area contributed by atoms with Crippen LogP contribution in [-0.4, -0.2) is 4.98 Å². The highest BCUT2D eigenvalue weighted by Gasteiger charge is 2.14. The molecule has 0 aliphatic rings. The van der Waals surface area contributed by atoms with Crippen molar-refractivity contribution in [1.29, 1.82) is 0 Å². The summed E-state index contributed by atoms with van der Waals surface area (Å²) in [5.41, 5.74) is 7.63. The Morgan fingerprint density at radius 3 is 2.41 bits per heavy atom. The summed E-state index contributed by atoms with van der Waals surface area (Å²) in [5.74, 6) is 0. The fourth-order valence-corrected chi connectivity index (χ4v) is 1.70. The van der Waals surface area contributed by atoms with Crippen LogP contribution in [-0.2, 0) is 6.54 Å². The van der Waals surface area contributed by atoms with E-state index in [0.29, 0.717) is 12.1 Å². The van der Waals surface area contributed by atoms with E-state index in [2.05, 4.69) is 4.98 Å². The zero-order chi connectivity index (χ0) is 12.3. The van der Waals surface area contributed by atoms with Gasteiger partial charge in [0.05, 0.1) is 0 Å². The van der Waals surface area contributed by atoms with Crippen molar-refractivity contribution in [3.63, 3.8) is 0 Å². The van der Waals surface area contributed by atoms with Gasteiger partial charge in [-0.25, -0.2) is 8.78 Å². The lowest BCUT2D eigenvalue weighted by Gasteiger charge is -2.10. The minimum Gasteiger partial charge on any atom is -0.326 e. The maximum atomic E-state index is 12.9. The zero-order valence-corrected chi connectivity index (χ0v) is 9.11. The number of aromatic nitrogens is 1. The average molecular weight is 234 g/mol. The molecule has 17 heavy (non-hydrogen) atoms. The van der Waals surface area contributed by atoms with Crippen LogP contribution in [0.5, 0.6) is 0 Å². The highest BCUT2D eigenvalue weighted by Crippen LogP contribution is 2.31. The van der Waals surface area contributed by atoms with E-state index in [1.165, 1.54) is 6.07 Å². The first kappa shape index (κ1) is 11.7. The van der Waals surface area contributed by atoms with Gasteiger partial charge in [-0.3, -0.25) is 4.98 Å². The molecule has 88 valence electrons. The summed E-state index contributed by atoms with van der Waals surface area (Å²) in [7, 11) is 0.